The van der Waals surface area contributed by atoms with Gasteiger partial charge in [0.1, 0.15) is 17.0 Å². The van der Waals surface area contributed by atoms with E-state index in [2.05, 4.69) is 84.6 Å². The molecular formula is C35H37N5O2S. The van der Waals surface area contributed by atoms with E-state index >= 15 is 0 Å². The highest BCUT2D eigenvalue weighted by atomic mass is 32.1. The van der Waals surface area contributed by atoms with Gasteiger partial charge in [-0.2, -0.15) is 0 Å². The van der Waals surface area contributed by atoms with E-state index in [1.165, 1.54) is 0 Å². The number of anilines is 3. The van der Waals surface area contributed by atoms with Crippen LogP contribution in [0.25, 0.3) is 0 Å². The van der Waals surface area contributed by atoms with Crippen molar-refractivity contribution in [3.63, 3.8) is 0 Å². The summed E-state index contributed by atoms with van der Waals surface area (Å²) in [5.74, 6) is 1.27. The maximum absolute atomic E-state index is 14.3. The van der Waals surface area contributed by atoms with Gasteiger partial charge in [0.25, 0.3) is 5.91 Å². The minimum absolute atomic E-state index is 0.160. The summed E-state index contributed by atoms with van der Waals surface area (Å²) in [7, 11) is 0. The molecule has 0 atom stereocenters. The number of hydrogen-bond donors (Lipinski definition) is 2. The number of carbonyl (C=O) groups excluding carboxylic acids is 1. The summed E-state index contributed by atoms with van der Waals surface area (Å²) in [5, 5.41) is 5.25. The van der Waals surface area contributed by atoms with Crippen molar-refractivity contribution in [1.82, 2.24) is 10.4 Å². The van der Waals surface area contributed by atoms with Crippen LogP contribution in [0.2, 0.25) is 0 Å². The maximum atomic E-state index is 14.3. The Labute approximate surface area is 259 Å². The first-order valence-corrected chi connectivity index (χ1v) is 15.4. The highest BCUT2D eigenvalue weighted by Crippen LogP contribution is 2.57. The molecule has 0 unspecified atom stereocenters. The monoisotopic (exact) mass is 591 g/mol. The van der Waals surface area contributed by atoms with Gasteiger partial charge in [0.05, 0.1) is 0 Å². The number of hydrogen-bond acceptors (Lipinski definition) is 5. The van der Waals surface area contributed by atoms with Crippen LogP contribution in [-0.4, -0.2) is 42.2 Å². The van der Waals surface area contributed by atoms with E-state index in [0.717, 1.165) is 59.9 Å². The topological polar surface area (TPSA) is 60.1 Å². The van der Waals surface area contributed by atoms with E-state index in [4.69, 9.17) is 17.0 Å². The van der Waals surface area contributed by atoms with Crippen LogP contribution in [0.3, 0.4) is 0 Å². The van der Waals surface area contributed by atoms with Gasteiger partial charge in [-0.3, -0.25) is 10.2 Å². The molecule has 2 N–H and O–H groups in total. The third-order valence-electron chi connectivity index (χ3n) is 8.52. The number of rotatable bonds is 8. The average molecular weight is 592 g/mol. The van der Waals surface area contributed by atoms with E-state index in [-0.39, 0.29) is 5.91 Å². The van der Waals surface area contributed by atoms with Gasteiger partial charge < -0.3 is 19.9 Å². The summed E-state index contributed by atoms with van der Waals surface area (Å²) in [6, 6.07) is 30.2. The molecule has 4 aromatic rings. The fraction of sp³-hybridized carbons (Fsp3) is 0.257. The molecule has 2 aliphatic rings. The summed E-state index contributed by atoms with van der Waals surface area (Å²) in [6.07, 6.45) is 0. The molecule has 43 heavy (non-hydrogen) atoms. The van der Waals surface area contributed by atoms with E-state index in [9.17, 15) is 4.79 Å². The first-order valence-electron chi connectivity index (χ1n) is 15.0. The highest BCUT2D eigenvalue weighted by molar-refractivity contribution is 7.80. The van der Waals surface area contributed by atoms with Crippen molar-refractivity contribution in [1.29, 1.82) is 0 Å². The minimum Gasteiger partial charge on any atom is -0.456 e. The Balaban J connectivity index is 1.58. The zero-order valence-corrected chi connectivity index (χ0v) is 25.9. The van der Waals surface area contributed by atoms with Crippen molar-refractivity contribution >= 4 is 40.3 Å². The lowest BCUT2D eigenvalue weighted by atomic mass is 9.75. The lowest BCUT2D eigenvalue weighted by Crippen LogP contribution is -2.56. The van der Waals surface area contributed by atoms with E-state index in [1.807, 2.05) is 54.6 Å². The number of thiocarbonyl (C=S) groups is 1. The van der Waals surface area contributed by atoms with Crippen molar-refractivity contribution in [2.45, 2.75) is 33.2 Å². The first kappa shape index (κ1) is 28.6. The number of ether oxygens (including phenoxy) is 1. The second kappa shape index (κ2) is 11.6. The van der Waals surface area contributed by atoms with E-state index in [1.54, 1.807) is 5.01 Å². The van der Waals surface area contributed by atoms with Gasteiger partial charge in [0.15, 0.2) is 5.11 Å². The first-order chi connectivity index (χ1) is 21.0. The Morgan fingerprint density at radius 2 is 1.28 bits per heavy atom. The predicted molar refractivity (Wildman–Crippen MR) is 178 cm³/mol. The largest absolute Gasteiger partial charge is 0.456 e. The number of para-hydroxylation sites is 1. The van der Waals surface area contributed by atoms with Crippen molar-refractivity contribution in [2.75, 3.05) is 41.3 Å². The lowest BCUT2D eigenvalue weighted by Gasteiger charge is -2.44. The van der Waals surface area contributed by atoms with Crippen molar-refractivity contribution in [2.24, 2.45) is 0 Å². The van der Waals surface area contributed by atoms with Crippen LogP contribution in [0.1, 0.15) is 54.7 Å². The van der Waals surface area contributed by atoms with Crippen LogP contribution >= 0.6 is 12.2 Å². The summed E-state index contributed by atoms with van der Waals surface area (Å²) in [6.45, 7) is 12.1. The van der Waals surface area contributed by atoms with Gasteiger partial charge in [0.2, 0.25) is 0 Å². The molecule has 8 heteroatoms. The molecule has 1 amide bonds. The molecular weight excluding hydrogens is 554 g/mol. The minimum atomic E-state index is -1.03. The Morgan fingerprint density at radius 3 is 1.84 bits per heavy atom. The number of nitrogens with zero attached hydrogens (tertiary/aromatic N) is 3. The molecule has 2 aliphatic heterocycles. The average Bonchev–Trinajstić information content (AvgIpc) is 3.26. The molecule has 0 aliphatic carbocycles. The van der Waals surface area contributed by atoms with Crippen LogP contribution in [0, 0.1) is 0 Å². The second-order valence-electron chi connectivity index (χ2n) is 10.6. The van der Waals surface area contributed by atoms with Gasteiger partial charge in [-0.05, 0) is 70.2 Å². The van der Waals surface area contributed by atoms with Crippen molar-refractivity contribution in [3.05, 3.63) is 113 Å². The Hall–Kier alpha value is -4.56. The molecule has 0 saturated carbocycles. The molecule has 0 bridgehead atoms. The van der Waals surface area contributed by atoms with Gasteiger partial charge in [-0.25, -0.2) is 5.01 Å². The Bertz CT molecular complexity index is 1600. The molecule has 7 nitrogen and oxygen atoms in total. The third kappa shape index (κ3) is 4.66. The molecule has 4 aromatic carbocycles. The van der Waals surface area contributed by atoms with E-state index < -0.39 is 5.54 Å². The normalized spacial score (nSPS) is 14.0. The summed E-state index contributed by atoms with van der Waals surface area (Å²) in [5.41, 5.74) is 8.51. The Kier molecular flexibility index (Phi) is 7.71. The zero-order chi connectivity index (χ0) is 30.1. The van der Waals surface area contributed by atoms with Crippen LogP contribution in [0.4, 0.5) is 17.1 Å². The third-order valence-corrected chi connectivity index (χ3v) is 8.71. The van der Waals surface area contributed by atoms with E-state index in [0.29, 0.717) is 22.2 Å². The van der Waals surface area contributed by atoms with Crippen molar-refractivity contribution < 1.29 is 9.53 Å². The number of fused-ring (bicyclic) bond motifs is 6. The molecule has 0 saturated heterocycles. The molecule has 6 rings (SSSR count). The number of benzene rings is 4. The van der Waals surface area contributed by atoms with Crippen LogP contribution in [0.15, 0.2) is 91.0 Å². The molecule has 220 valence electrons. The fourth-order valence-corrected chi connectivity index (χ4v) is 6.66. The summed E-state index contributed by atoms with van der Waals surface area (Å²) >= 11 is 5.80. The van der Waals surface area contributed by atoms with Crippen LogP contribution < -0.4 is 25.3 Å². The summed E-state index contributed by atoms with van der Waals surface area (Å²) in [4.78, 5) is 18.9. The van der Waals surface area contributed by atoms with Crippen LogP contribution in [0.5, 0.6) is 11.5 Å². The number of nitrogens with one attached hydrogen (secondary N) is 2. The molecule has 0 fully saturated rings. The fourth-order valence-electron chi connectivity index (χ4n) is 6.45. The zero-order valence-electron chi connectivity index (χ0n) is 25.1. The molecule has 1 spiro atoms. The van der Waals surface area contributed by atoms with Gasteiger partial charge in [-0.15, -0.1) is 0 Å². The van der Waals surface area contributed by atoms with Gasteiger partial charge in [0, 0.05) is 77.6 Å². The lowest BCUT2D eigenvalue weighted by molar-refractivity contribution is 0.0595. The van der Waals surface area contributed by atoms with Gasteiger partial charge >= 0.3 is 0 Å². The predicted octanol–water partition coefficient (Wildman–Crippen LogP) is 7.13. The SMILES string of the molecule is CCN(CC)c1ccc2c(c1)Oc1cc(N(CC)CC)ccc1C21c2ccccc2C(=O)N1NC(=S)Nc1ccccc1. The number of hydrazine groups is 1. The molecule has 0 aromatic heterocycles. The highest BCUT2D eigenvalue weighted by Gasteiger charge is 2.57. The molecule has 0 radical (unpaired) electrons. The second-order valence-corrected chi connectivity index (χ2v) is 11.0. The van der Waals surface area contributed by atoms with Crippen LogP contribution in [-0.2, 0) is 5.54 Å². The maximum Gasteiger partial charge on any atom is 0.274 e. The Morgan fingerprint density at radius 1 is 0.744 bits per heavy atom. The number of amides is 1. The smallest absolute Gasteiger partial charge is 0.274 e. The quantitative estimate of drug-likeness (QED) is 0.211. The number of carbonyl (C=O) groups is 1. The standard InChI is InChI=1S/C35H37N5O2S/c1-5-38(6-2)25-18-20-29-31(22-25)42-32-23-26(39(7-3)8-4)19-21-30(32)35(29)28-17-13-12-16-27(28)33(41)40(35)37-34(43)36-24-14-10-9-11-15-24/h9-23H,5-8H2,1-4H3,(H2,36,37,43). The molecule has 2 heterocycles. The summed E-state index contributed by atoms with van der Waals surface area (Å²) < 4.78 is 6.76. The van der Waals surface area contributed by atoms with Crippen molar-refractivity contribution in [3.8, 4) is 11.5 Å². The van der Waals surface area contributed by atoms with Gasteiger partial charge in [-0.1, -0.05) is 48.5 Å².